The van der Waals surface area contributed by atoms with Crippen molar-refractivity contribution < 1.29 is 48.0 Å². The van der Waals surface area contributed by atoms with Crippen LogP contribution in [0.4, 0.5) is 0 Å². The number of nitrogens with zero attached hydrogens (tertiary/aromatic N) is 1. The molecule has 146 valence electrons. The van der Waals surface area contributed by atoms with Gasteiger partial charge in [-0.15, -0.1) is 0 Å². The number of fused-ring (bicyclic) bond motifs is 5. The predicted octanol–water partition coefficient (Wildman–Crippen LogP) is 0.635. The Hall–Kier alpha value is -1.86. The van der Waals surface area contributed by atoms with E-state index in [1.165, 1.54) is 33.4 Å². The second-order valence-electron chi connectivity index (χ2n) is 7.44. The molecule has 4 aromatic rings. The van der Waals surface area contributed by atoms with Gasteiger partial charge in [0.05, 0.1) is 0 Å². The van der Waals surface area contributed by atoms with Gasteiger partial charge in [0.15, 0.2) is 0 Å². The Morgan fingerprint density at radius 3 is 2.33 bits per heavy atom. The molecule has 6 rings (SSSR count). The van der Waals surface area contributed by atoms with Crippen LogP contribution in [0.5, 0.6) is 0 Å². The van der Waals surface area contributed by atoms with Gasteiger partial charge in [0, 0.05) is 0 Å². The first-order valence-electron chi connectivity index (χ1n) is 9.82. The SMILES string of the molecule is C1=CC[C]([Zr+2][CH]2c3ccccc3-c3c2n(-c2ccccc2)c2ccccc32)=C1.[Cl-].[Cl-]. The van der Waals surface area contributed by atoms with Crippen LogP contribution in [-0.4, -0.2) is 4.57 Å². The summed E-state index contributed by atoms with van der Waals surface area (Å²) in [6.45, 7) is 0. The molecule has 2 aliphatic rings. The van der Waals surface area contributed by atoms with Gasteiger partial charge in [0.2, 0.25) is 0 Å². The van der Waals surface area contributed by atoms with Crippen LogP contribution in [0, 0.1) is 0 Å². The first-order chi connectivity index (χ1) is 13.9. The fourth-order valence-corrected chi connectivity index (χ4v) is 8.65. The maximum atomic E-state index is 2.54. The van der Waals surface area contributed by atoms with Crippen molar-refractivity contribution in [1.82, 2.24) is 4.57 Å². The molecule has 0 radical (unpaired) electrons. The van der Waals surface area contributed by atoms with E-state index < -0.39 is 23.2 Å². The van der Waals surface area contributed by atoms with Crippen LogP contribution < -0.4 is 24.8 Å². The Bertz CT molecular complexity index is 1260. The number of aromatic nitrogens is 1. The zero-order valence-electron chi connectivity index (χ0n) is 16.2. The Balaban J connectivity index is 0.00000109. The number of allylic oxidation sites excluding steroid dienone is 4. The van der Waals surface area contributed by atoms with E-state index in [9.17, 15) is 0 Å². The predicted molar refractivity (Wildman–Crippen MR) is 112 cm³/mol. The molecule has 0 saturated carbocycles. The van der Waals surface area contributed by atoms with Gasteiger partial charge in [-0.05, 0) is 0 Å². The minimum absolute atomic E-state index is 0. The molecule has 0 aliphatic heterocycles. The summed E-state index contributed by atoms with van der Waals surface area (Å²) in [4.78, 5) is 0. The molecule has 0 bridgehead atoms. The Kier molecular flexibility index (Phi) is 6.21. The molecular formula is C26H19Cl2NZr. The quantitative estimate of drug-likeness (QED) is 0.384. The van der Waals surface area contributed by atoms with Crippen molar-refractivity contribution in [3.8, 4) is 16.8 Å². The fourth-order valence-electron chi connectivity index (χ4n) is 4.68. The third kappa shape index (κ3) is 3.27. The molecule has 1 unspecified atom stereocenters. The molecule has 1 atom stereocenters. The number of hydrogen-bond donors (Lipinski definition) is 0. The van der Waals surface area contributed by atoms with Gasteiger partial charge in [0.1, 0.15) is 0 Å². The van der Waals surface area contributed by atoms with Gasteiger partial charge < -0.3 is 24.8 Å². The average molecular weight is 508 g/mol. The minimum atomic E-state index is -0.790. The summed E-state index contributed by atoms with van der Waals surface area (Å²) in [5, 5.41) is 1.38. The van der Waals surface area contributed by atoms with E-state index in [0.717, 1.165) is 6.42 Å². The van der Waals surface area contributed by atoms with Gasteiger partial charge in [-0.3, -0.25) is 0 Å². The van der Waals surface area contributed by atoms with E-state index in [1.807, 2.05) is 0 Å². The van der Waals surface area contributed by atoms with Gasteiger partial charge in [0.25, 0.3) is 0 Å². The molecule has 1 aromatic heterocycles. The van der Waals surface area contributed by atoms with Crippen LogP contribution in [-0.2, 0) is 23.2 Å². The molecule has 4 heteroatoms. The largest absolute Gasteiger partial charge is 1.00 e. The van der Waals surface area contributed by atoms with E-state index in [1.54, 1.807) is 8.84 Å². The Labute approximate surface area is 200 Å². The minimum Gasteiger partial charge on any atom is -1.00 e. The number of halogens is 2. The maximum Gasteiger partial charge on any atom is -1.00 e. The summed E-state index contributed by atoms with van der Waals surface area (Å²) in [6.07, 6.45) is 8.09. The standard InChI is InChI=1S/C21H14N.C5H5.2ClH.Zr/c1-2-9-16(10-3-1)22-19-13-7-6-12-18(19)21-17-11-5-4-8-15(17)14-20(21)22;1-2-4-5-3-1;;;/h1-14H;1-3H,4H2;2*1H;/q;;;;+2/p-2. The normalized spacial score (nSPS) is 15.6. The van der Waals surface area contributed by atoms with Gasteiger partial charge in [-0.2, -0.15) is 0 Å². The molecule has 30 heavy (non-hydrogen) atoms. The second kappa shape index (κ2) is 8.71. The van der Waals surface area contributed by atoms with Gasteiger partial charge in [-0.25, -0.2) is 0 Å². The van der Waals surface area contributed by atoms with Crippen LogP contribution >= 0.6 is 0 Å². The first kappa shape index (κ1) is 21.4. The molecule has 1 heterocycles. The summed E-state index contributed by atoms with van der Waals surface area (Å²) < 4.78 is 4.80. The number of hydrogen-bond acceptors (Lipinski definition) is 0. The molecule has 2 aliphatic carbocycles. The van der Waals surface area contributed by atoms with E-state index in [4.69, 9.17) is 0 Å². The van der Waals surface area contributed by atoms with Crippen molar-refractivity contribution in [2.24, 2.45) is 0 Å². The van der Waals surface area contributed by atoms with Crippen LogP contribution in [0.25, 0.3) is 27.7 Å². The van der Waals surface area contributed by atoms with Crippen LogP contribution in [0.1, 0.15) is 21.3 Å². The zero-order valence-corrected chi connectivity index (χ0v) is 20.2. The molecular weight excluding hydrogens is 488 g/mol. The van der Waals surface area contributed by atoms with Crippen molar-refractivity contribution >= 4 is 10.9 Å². The molecule has 0 N–H and O–H groups in total. The number of rotatable bonds is 3. The summed E-state index contributed by atoms with van der Waals surface area (Å²) in [5.41, 5.74) is 8.58. The van der Waals surface area contributed by atoms with Crippen LogP contribution in [0.2, 0.25) is 0 Å². The first-order valence-corrected chi connectivity index (χ1v) is 12.5. The molecule has 0 saturated heterocycles. The monoisotopic (exact) mass is 505 g/mol. The molecule has 0 amide bonds. The topological polar surface area (TPSA) is 4.93 Å². The summed E-state index contributed by atoms with van der Waals surface area (Å²) >= 11 is -0.790. The maximum absolute atomic E-state index is 2.54. The van der Waals surface area contributed by atoms with Crippen molar-refractivity contribution in [3.63, 3.8) is 0 Å². The second-order valence-corrected chi connectivity index (χ2v) is 11.1. The molecule has 3 aromatic carbocycles. The summed E-state index contributed by atoms with van der Waals surface area (Å²) in [5.74, 6) is 0. The molecule has 0 spiro atoms. The average Bonchev–Trinajstić information content (AvgIpc) is 3.45. The van der Waals surface area contributed by atoms with Gasteiger partial charge >= 0.3 is 177 Å². The van der Waals surface area contributed by atoms with Crippen molar-refractivity contribution in [3.05, 3.63) is 112 Å². The van der Waals surface area contributed by atoms with E-state index in [0.29, 0.717) is 3.63 Å². The zero-order chi connectivity index (χ0) is 18.5. The summed E-state index contributed by atoms with van der Waals surface area (Å²) in [6, 6.07) is 28.9. The molecule has 0 fully saturated rings. The Morgan fingerprint density at radius 2 is 1.53 bits per heavy atom. The number of benzene rings is 3. The Morgan fingerprint density at radius 1 is 0.800 bits per heavy atom. The smallest absolute Gasteiger partial charge is 1.00 e. The molecule has 1 nitrogen and oxygen atoms in total. The van der Waals surface area contributed by atoms with Crippen molar-refractivity contribution in [2.75, 3.05) is 0 Å². The van der Waals surface area contributed by atoms with E-state index in [-0.39, 0.29) is 24.8 Å². The van der Waals surface area contributed by atoms with Gasteiger partial charge in [-0.1, -0.05) is 0 Å². The van der Waals surface area contributed by atoms with Crippen molar-refractivity contribution in [1.29, 1.82) is 0 Å². The van der Waals surface area contributed by atoms with Crippen LogP contribution in [0.3, 0.4) is 0 Å². The third-order valence-electron chi connectivity index (χ3n) is 5.84. The number of para-hydroxylation sites is 2. The fraction of sp³-hybridized carbons (Fsp3) is 0.0769. The van der Waals surface area contributed by atoms with E-state index in [2.05, 4.69) is 102 Å². The summed E-state index contributed by atoms with van der Waals surface area (Å²) in [7, 11) is 0. The van der Waals surface area contributed by atoms with Crippen LogP contribution in [0.15, 0.2) is 100 Å². The van der Waals surface area contributed by atoms with Crippen molar-refractivity contribution in [2.45, 2.75) is 10.0 Å². The van der Waals surface area contributed by atoms with E-state index >= 15 is 0 Å². The third-order valence-corrected chi connectivity index (χ3v) is 9.81.